The second kappa shape index (κ2) is 8.24. The first kappa shape index (κ1) is 17.7. The molecule has 1 aromatic rings. The highest BCUT2D eigenvalue weighted by Gasteiger charge is 2.35. The largest absolute Gasteiger partial charge is 0.386 e. The molecule has 0 aromatic carbocycles. The molecule has 2 heterocycles. The van der Waals surface area contributed by atoms with Crippen molar-refractivity contribution in [2.24, 2.45) is 0 Å². The van der Waals surface area contributed by atoms with Crippen molar-refractivity contribution in [2.75, 3.05) is 13.1 Å². The first-order valence-electron chi connectivity index (χ1n) is 8.61. The lowest BCUT2D eigenvalue weighted by molar-refractivity contribution is -0.134. The molecule has 1 unspecified atom stereocenters. The van der Waals surface area contributed by atoms with Crippen LogP contribution in [0.15, 0.2) is 24.0 Å². The Bertz CT molecular complexity index is 519. The number of allylic oxidation sites excluding steroid dienone is 1. The Morgan fingerprint density at radius 3 is 2.70 bits per heavy atom. The normalized spacial score (nSPS) is 21.3. The first-order chi connectivity index (χ1) is 11.1. The zero-order chi connectivity index (χ0) is 16.7. The molecular formula is C17H28N4O2. The lowest BCUT2D eigenvalue weighted by Crippen LogP contribution is -2.52. The number of aromatic nitrogens is 3. The Morgan fingerprint density at radius 1 is 1.35 bits per heavy atom. The van der Waals surface area contributed by atoms with Crippen LogP contribution in [0, 0.1) is 0 Å². The van der Waals surface area contributed by atoms with E-state index in [0.29, 0.717) is 26.1 Å². The molecule has 1 amide bonds. The van der Waals surface area contributed by atoms with Gasteiger partial charge in [-0.2, -0.15) is 0 Å². The molecule has 0 aliphatic carbocycles. The van der Waals surface area contributed by atoms with Gasteiger partial charge in [-0.1, -0.05) is 37.5 Å². The van der Waals surface area contributed by atoms with Crippen LogP contribution in [-0.4, -0.2) is 49.6 Å². The Morgan fingerprint density at radius 2 is 2.09 bits per heavy atom. The number of aliphatic hydroxyl groups is 1. The third kappa shape index (κ3) is 5.16. The standard InChI is InChI=1S/C17H28N4O2/c1-3-6-15(7-4-2)12-16(22)20-10-5-8-17(23,13-20)14-21-11-9-18-19-21/h9,11-12,23H,3-8,10,13-14H2,1-2H3. The number of hydrogen-bond acceptors (Lipinski definition) is 4. The number of β-amino-alcohol motifs (C(OH)–C–C–N with tert-alkyl or cyclic N) is 1. The quantitative estimate of drug-likeness (QED) is 0.782. The average Bonchev–Trinajstić information content (AvgIpc) is 3.00. The zero-order valence-electron chi connectivity index (χ0n) is 14.2. The van der Waals surface area contributed by atoms with Crippen LogP contribution in [0.25, 0.3) is 0 Å². The first-order valence-corrected chi connectivity index (χ1v) is 8.61. The summed E-state index contributed by atoms with van der Waals surface area (Å²) in [5.74, 6) is 0.0265. The Hall–Kier alpha value is -1.69. The van der Waals surface area contributed by atoms with Gasteiger partial charge in [-0.15, -0.1) is 5.10 Å². The van der Waals surface area contributed by atoms with E-state index in [9.17, 15) is 9.90 Å². The van der Waals surface area contributed by atoms with Gasteiger partial charge in [0.05, 0.1) is 19.3 Å². The second-order valence-corrected chi connectivity index (χ2v) is 6.49. The molecule has 1 saturated heterocycles. The van der Waals surface area contributed by atoms with E-state index in [1.807, 2.05) is 0 Å². The molecule has 1 fully saturated rings. The number of hydrogen-bond donors (Lipinski definition) is 1. The maximum Gasteiger partial charge on any atom is 0.246 e. The van der Waals surface area contributed by atoms with E-state index < -0.39 is 5.60 Å². The third-order valence-electron chi connectivity index (χ3n) is 4.27. The molecule has 6 heteroatoms. The van der Waals surface area contributed by atoms with Crippen molar-refractivity contribution in [1.82, 2.24) is 19.9 Å². The van der Waals surface area contributed by atoms with Crippen molar-refractivity contribution in [3.05, 3.63) is 24.0 Å². The van der Waals surface area contributed by atoms with Crippen molar-refractivity contribution in [1.29, 1.82) is 0 Å². The predicted octanol–water partition coefficient (Wildman–Crippen LogP) is 2.16. The average molecular weight is 320 g/mol. The number of rotatable bonds is 7. The van der Waals surface area contributed by atoms with Crippen LogP contribution in [0.2, 0.25) is 0 Å². The van der Waals surface area contributed by atoms with Gasteiger partial charge in [0.15, 0.2) is 0 Å². The fourth-order valence-corrected chi connectivity index (χ4v) is 3.23. The summed E-state index contributed by atoms with van der Waals surface area (Å²) in [6.45, 7) is 5.70. The maximum absolute atomic E-state index is 12.6. The molecule has 1 aromatic heterocycles. The number of carbonyl (C=O) groups is 1. The van der Waals surface area contributed by atoms with E-state index >= 15 is 0 Å². The molecule has 1 aliphatic heterocycles. The van der Waals surface area contributed by atoms with E-state index in [1.54, 1.807) is 28.1 Å². The van der Waals surface area contributed by atoms with Crippen molar-refractivity contribution >= 4 is 5.91 Å². The zero-order valence-corrected chi connectivity index (χ0v) is 14.2. The molecule has 1 aliphatic rings. The van der Waals surface area contributed by atoms with Gasteiger partial charge in [-0.05, 0) is 25.7 Å². The second-order valence-electron chi connectivity index (χ2n) is 6.49. The van der Waals surface area contributed by atoms with Gasteiger partial charge >= 0.3 is 0 Å². The van der Waals surface area contributed by atoms with E-state index in [4.69, 9.17) is 0 Å². The number of amides is 1. The van der Waals surface area contributed by atoms with Crippen LogP contribution in [0.1, 0.15) is 52.4 Å². The highest BCUT2D eigenvalue weighted by Crippen LogP contribution is 2.23. The van der Waals surface area contributed by atoms with E-state index in [1.165, 1.54) is 5.57 Å². The summed E-state index contributed by atoms with van der Waals surface area (Å²) in [7, 11) is 0. The summed E-state index contributed by atoms with van der Waals surface area (Å²) in [5, 5.41) is 18.5. The van der Waals surface area contributed by atoms with Gasteiger partial charge in [0.2, 0.25) is 5.91 Å². The Kier molecular flexibility index (Phi) is 6.33. The van der Waals surface area contributed by atoms with Crippen molar-refractivity contribution in [3.63, 3.8) is 0 Å². The molecule has 0 radical (unpaired) electrons. The molecule has 0 bridgehead atoms. The summed E-state index contributed by atoms with van der Waals surface area (Å²) in [5.41, 5.74) is 0.288. The molecule has 0 spiro atoms. The predicted molar refractivity (Wildman–Crippen MR) is 88.7 cm³/mol. The van der Waals surface area contributed by atoms with Crippen LogP contribution in [0.5, 0.6) is 0 Å². The Balaban J connectivity index is 2.01. The molecule has 1 N–H and O–H groups in total. The highest BCUT2D eigenvalue weighted by molar-refractivity contribution is 5.88. The van der Waals surface area contributed by atoms with E-state index in [-0.39, 0.29) is 5.91 Å². The summed E-state index contributed by atoms with van der Waals surface area (Å²) >= 11 is 0. The van der Waals surface area contributed by atoms with E-state index in [2.05, 4.69) is 24.2 Å². The van der Waals surface area contributed by atoms with Gasteiger partial charge in [-0.3, -0.25) is 4.79 Å². The Labute approximate surface area is 138 Å². The van der Waals surface area contributed by atoms with Gasteiger partial charge in [0.25, 0.3) is 0 Å². The molecule has 23 heavy (non-hydrogen) atoms. The lowest BCUT2D eigenvalue weighted by atomic mass is 9.92. The van der Waals surface area contributed by atoms with Gasteiger partial charge < -0.3 is 10.0 Å². The summed E-state index contributed by atoms with van der Waals surface area (Å²) in [6.07, 6.45) is 10.6. The minimum absolute atomic E-state index is 0.0265. The number of nitrogens with zero attached hydrogens (tertiary/aromatic N) is 4. The SMILES string of the molecule is CCCC(=CC(=O)N1CCCC(O)(Cn2ccnn2)C1)CCC. The van der Waals surface area contributed by atoms with Gasteiger partial charge in [-0.25, -0.2) is 4.68 Å². The van der Waals surface area contributed by atoms with Crippen molar-refractivity contribution < 1.29 is 9.90 Å². The lowest BCUT2D eigenvalue weighted by Gasteiger charge is -2.38. The van der Waals surface area contributed by atoms with Crippen LogP contribution in [0.4, 0.5) is 0 Å². The smallest absolute Gasteiger partial charge is 0.246 e. The van der Waals surface area contributed by atoms with Gasteiger partial charge in [0.1, 0.15) is 5.60 Å². The summed E-state index contributed by atoms with van der Waals surface area (Å²) in [6, 6.07) is 0. The molecule has 2 rings (SSSR count). The number of carbonyl (C=O) groups excluding carboxylic acids is 1. The topological polar surface area (TPSA) is 71.2 Å². The van der Waals surface area contributed by atoms with Crippen molar-refractivity contribution in [3.8, 4) is 0 Å². The maximum atomic E-state index is 12.6. The summed E-state index contributed by atoms with van der Waals surface area (Å²) in [4.78, 5) is 14.3. The monoisotopic (exact) mass is 320 g/mol. The highest BCUT2D eigenvalue weighted by atomic mass is 16.3. The van der Waals surface area contributed by atoms with Crippen LogP contribution < -0.4 is 0 Å². The summed E-state index contributed by atoms with van der Waals surface area (Å²) < 4.78 is 1.63. The minimum Gasteiger partial charge on any atom is -0.386 e. The van der Waals surface area contributed by atoms with E-state index in [0.717, 1.165) is 32.1 Å². The number of piperidine rings is 1. The molecule has 0 saturated carbocycles. The van der Waals surface area contributed by atoms with Crippen LogP contribution in [0.3, 0.4) is 0 Å². The number of likely N-dealkylation sites (tertiary alicyclic amines) is 1. The third-order valence-corrected chi connectivity index (χ3v) is 4.27. The molecule has 1 atom stereocenters. The van der Waals surface area contributed by atoms with Crippen LogP contribution in [-0.2, 0) is 11.3 Å². The van der Waals surface area contributed by atoms with Crippen LogP contribution >= 0.6 is 0 Å². The fraction of sp³-hybridized carbons (Fsp3) is 0.706. The van der Waals surface area contributed by atoms with Crippen molar-refractivity contribution in [2.45, 2.75) is 64.5 Å². The minimum atomic E-state index is -0.925. The molecule has 128 valence electrons. The molecular weight excluding hydrogens is 292 g/mol. The van der Waals surface area contributed by atoms with Gasteiger partial charge in [0, 0.05) is 18.8 Å². The fourth-order valence-electron chi connectivity index (χ4n) is 3.23. The molecule has 6 nitrogen and oxygen atoms in total.